The predicted octanol–water partition coefficient (Wildman–Crippen LogP) is 4.77. The van der Waals surface area contributed by atoms with Gasteiger partial charge in [0, 0.05) is 11.6 Å². The van der Waals surface area contributed by atoms with Crippen LogP contribution < -0.4 is 5.43 Å². The fraction of sp³-hybridized carbons (Fsp3) is 0.320. The smallest absolute Gasteiger partial charge is 0.309 e. The maximum Gasteiger partial charge on any atom is 0.309 e. The highest BCUT2D eigenvalue weighted by Crippen LogP contribution is 2.34. The molecule has 0 bridgehead atoms. The zero-order valence-corrected chi connectivity index (χ0v) is 18.1. The minimum Gasteiger partial charge on any atom is -0.481 e. The molecule has 1 aromatic heterocycles. The molecule has 162 valence electrons. The van der Waals surface area contributed by atoms with Gasteiger partial charge in [-0.25, -0.2) is 0 Å². The first-order valence-corrected chi connectivity index (χ1v) is 10.0. The molecule has 0 aliphatic heterocycles. The summed E-state index contributed by atoms with van der Waals surface area (Å²) >= 11 is 0. The van der Waals surface area contributed by atoms with Crippen LogP contribution in [0.5, 0.6) is 0 Å². The number of benzene rings is 2. The Morgan fingerprint density at radius 2 is 1.45 bits per heavy atom. The van der Waals surface area contributed by atoms with E-state index < -0.39 is 22.8 Å². The Bertz CT molecular complexity index is 1200. The van der Waals surface area contributed by atoms with Crippen LogP contribution in [-0.4, -0.2) is 22.2 Å². The summed E-state index contributed by atoms with van der Waals surface area (Å²) in [5, 5.41) is 19.6. The molecule has 0 unspecified atom stereocenters. The largest absolute Gasteiger partial charge is 0.481 e. The summed E-state index contributed by atoms with van der Waals surface area (Å²) < 4.78 is 6.16. The second kappa shape index (κ2) is 8.02. The summed E-state index contributed by atoms with van der Waals surface area (Å²) in [6.07, 6.45) is 0.258. The fourth-order valence-electron chi connectivity index (χ4n) is 3.49. The molecule has 2 aromatic carbocycles. The van der Waals surface area contributed by atoms with Crippen molar-refractivity contribution in [3.8, 4) is 11.3 Å². The minimum absolute atomic E-state index is 0.0892. The summed E-state index contributed by atoms with van der Waals surface area (Å²) in [6, 6.07) is 13.9. The second-order valence-electron chi connectivity index (χ2n) is 9.15. The topological polar surface area (TPSA) is 105 Å². The maximum absolute atomic E-state index is 12.9. The van der Waals surface area contributed by atoms with Crippen LogP contribution in [0, 0.1) is 10.8 Å². The number of fused-ring (bicyclic) bond motifs is 1. The molecule has 0 aliphatic carbocycles. The lowest BCUT2D eigenvalue weighted by molar-refractivity contribution is -0.147. The standard InChI is InChI=1S/C25H26O6/c1-24(2,22(27)28)13-16-10-11-17-19(26)12-20(15-8-6-5-7-9-15)31-21(17)18(16)14-25(3,4)23(29)30/h5-12H,13-14H2,1-4H3,(H,27,28)(H,29,30). The van der Waals surface area contributed by atoms with E-state index in [1.165, 1.54) is 6.07 Å². The van der Waals surface area contributed by atoms with E-state index in [1.807, 2.05) is 30.3 Å². The number of aliphatic carboxylic acids is 2. The van der Waals surface area contributed by atoms with Crippen molar-refractivity contribution in [3.05, 3.63) is 69.9 Å². The second-order valence-corrected chi connectivity index (χ2v) is 9.15. The van der Waals surface area contributed by atoms with E-state index in [9.17, 15) is 24.6 Å². The van der Waals surface area contributed by atoms with Gasteiger partial charge in [-0.2, -0.15) is 0 Å². The van der Waals surface area contributed by atoms with Crippen LogP contribution in [0.2, 0.25) is 0 Å². The van der Waals surface area contributed by atoms with Gasteiger partial charge in [-0.15, -0.1) is 0 Å². The molecule has 0 saturated heterocycles. The van der Waals surface area contributed by atoms with Crippen LogP contribution >= 0.6 is 0 Å². The van der Waals surface area contributed by atoms with E-state index in [2.05, 4.69) is 0 Å². The van der Waals surface area contributed by atoms with Crippen LogP contribution in [0.15, 0.2) is 57.7 Å². The highest BCUT2D eigenvalue weighted by Gasteiger charge is 2.33. The van der Waals surface area contributed by atoms with E-state index in [1.54, 1.807) is 39.8 Å². The van der Waals surface area contributed by atoms with Gasteiger partial charge >= 0.3 is 11.9 Å². The molecule has 31 heavy (non-hydrogen) atoms. The van der Waals surface area contributed by atoms with Crippen LogP contribution in [0.25, 0.3) is 22.3 Å². The fourth-order valence-corrected chi connectivity index (χ4v) is 3.49. The van der Waals surface area contributed by atoms with Gasteiger partial charge in [0.25, 0.3) is 0 Å². The Morgan fingerprint density at radius 1 is 0.871 bits per heavy atom. The Balaban J connectivity index is 2.31. The molecule has 6 heteroatoms. The van der Waals surface area contributed by atoms with Crippen LogP contribution in [0.3, 0.4) is 0 Å². The van der Waals surface area contributed by atoms with E-state index in [0.29, 0.717) is 27.9 Å². The average Bonchev–Trinajstić information content (AvgIpc) is 2.69. The lowest BCUT2D eigenvalue weighted by Gasteiger charge is -2.25. The molecule has 3 aromatic rings. The SMILES string of the molecule is CC(C)(Cc1ccc2c(=O)cc(-c3ccccc3)oc2c1CC(C)(C)C(=O)O)C(=O)O. The molecule has 6 nitrogen and oxygen atoms in total. The third-order valence-corrected chi connectivity index (χ3v) is 5.56. The number of carboxylic acids is 2. The molecular formula is C25H26O6. The van der Waals surface area contributed by atoms with Gasteiger partial charge in [0.2, 0.25) is 0 Å². The third-order valence-electron chi connectivity index (χ3n) is 5.56. The molecule has 2 N–H and O–H groups in total. The first-order chi connectivity index (χ1) is 14.4. The van der Waals surface area contributed by atoms with Crippen molar-refractivity contribution in [1.82, 2.24) is 0 Å². The summed E-state index contributed by atoms with van der Waals surface area (Å²) in [7, 11) is 0. The van der Waals surface area contributed by atoms with Crippen molar-refractivity contribution in [3.63, 3.8) is 0 Å². The molecule has 0 aliphatic rings. The van der Waals surface area contributed by atoms with Crippen molar-refractivity contribution in [1.29, 1.82) is 0 Å². The van der Waals surface area contributed by atoms with E-state index >= 15 is 0 Å². The van der Waals surface area contributed by atoms with E-state index in [-0.39, 0.29) is 18.3 Å². The Labute approximate surface area is 180 Å². The van der Waals surface area contributed by atoms with Crippen molar-refractivity contribution in [2.75, 3.05) is 0 Å². The van der Waals surface area contributed by atoms with Crippen molar-refractivity contribution in [2.45, 2.75) is 40.5 Å². The highest BCUT2D eigenvalue weighted by molar-refractivity contribution is 5.84. The summed E-state index contributed by atoms with van der Waals surface area (Å²) in [6.45, 7) is 6.42. The van der Waals surface area contributed by atoms with Crippen molar-refractivity contribution >= 4 is 22.9 Å². The van der Waals surface area contributed by atoms with Crippen molar-refractivity contribution < 1.29 is 24.2 Å². The maximum atomic E-state index is 12.9. The predicted molar refractivity (Wildman–Crippen MR) is 118 cm³/mol. The van der Waals surface area contributed by atoms with Crippen LogP contribution in [-0.2, 0) is 22.4 Å². The lowest BCUT2D eigenvalue weighted by Crippen LogP contribution is -2.29. The Morgan fingerprint density at radius 3 is 2.03 bits per heavy atom. The molecule has 0 spiro atoms. The van der Waals surface area contributed by atoms with E-state index in [4.69, 9.17) is 4.42 Å². The normalized spacial score (nSPS) is 12.1. The summed E-state index contributed by atoms with van der Waals surface area (Å²) in [5.41, 5.74) is -0.221. The quantitative estimate of drug-likeness (QED) is 0.568. The first kappa shape index (κ1) is 22.3. The first-order valence-electron chi connectivity index (χ1n) is 10.0. The van der Waals surface area contributed by atoms with Crippen molar-refractivity contribution in [2.24, 2.45) is 10.8 Å². The Kier molecular flexibility index (Phi) is 5.77. The average molecular weight is 422 g/mol. The molecule has 0 radical (unpaired) electrons. The highest BCUT2D eigenvalue weighted by atomic mass is 16.4. The van der Waals surface area contributed by atoms with Crippen LogP contribution in [0.4, 0.5) is 0 Å². The summed E-state index contributed by atoms with van der Waals surface area (Å²) in [5.74, 6) is -1.58. The van der Waals surface area contributed by atoms with E-state index in [0.717, 1.165) is 5.56 Å². The third kappa shape index (κ3) is 4.53. The number of carbonyl (C=O) groups is 2. The number of rotatable bonds is 7. The Hall–Kier alpha value is -3.41. The van der Waals surface area contributed by atoms with Gasteiger partial charge in [-0.05, 0) is 57.7 Å². The minimum atomic E-state index is -1.14. The van der Waals surface area contributed by atoms with Crippen LogP contribution in [0.1, 0.15) is 38.8 Å². The molecule has 0 atom stereocenters. The number of hydrogen-bond donors (Lipinski definition) is 2. The summed E-state index contributed by atoms with van der Waals surface area (Å²) in [4.78, 5) is 36.4. The molecule has 0 saturated carbocycles. The molecular weight excluding hydrogens is 396 g/mol. The molecule has 1 heterocycles. The van der Waals surface area contributed by atoms with Gasteiger partial charge in [0.15, 0.2) is 5.43 Å². The molecule has 3 rings (SSSR count). The van der Waals surface area contributed by atoms with Gasteiger partial charge in [-0.3, -0.25) is 14.4 Å². The zero-order chi connectivity index (χ0) is 23.0. The number of carboxylic acid groups (broad SMARTS) is 2. The van der Waals surface area contributed by atoms with Gasteiger partial charge in [0.05, 0.1) is 16.2 Å². The zero-order valence-electron chi connectivity index (χ0n) is 18.1. The van der Waals surface area contributed by atoms with Gasteiger partial charge < -0.3 is 14.6 Å². The lowest BCUT2D eigenvalue weighted by atomic mass is 9.79. The molecule has 0 fully saturated rings. The van der Waals surface area contributed by atoms with Gasteiger partial charge in [-0.1, -0.05) is 36.4 Å². The van der Waals surface area contributed by atoms with Gasteiger partial charge in [0.1, 0.15) is 11.3 Å². The monoisotopic (exact) mass is 422 g/mol. The number of hydrogen-bond acceptors (Lipinski definition) is 4. The molecule has 0 amide bonds.